The van der Waals surface area contributed by atoms with Gasteiger partial charge in [0.2, 0.25) is 0 Å². The first-order chi connectivity index (χ1) is 15.0. The Morgan fingerprint density at radius 1 is 1.29 bits per heavy atom. The van der Waals surface area contributed by atoms with E-state index in [1.807, 2.05) is 24.0 Å². The lowest BCUT2D eigenvalue weighted by molar-refractivity contribution is -0.122. The minimum atomic E-state index is -0.250. The molecule has 31 heavy (non-hydrogen) atoms. The number of benzene rings is 1. The molecule has 8 heteroatoms. The van der Waals surface area contributed by atoms with E-state index in [2.05, 4.69) is 34.3 Å². The smallest absolute Gasteiger partial charge is 0.290 e. The number of likely N-dealkylation sites (tertiary alicyclic amines) is 2. The second kappa shape index (κ2) is 10.3. The van der Waals surface area contributed by atoms with Crippen LogP contribution in [0.15, 0.2) is 34.9 Å². The summed E-state index contributed by atoms with van der Waals surface area (Å²) in [6.45, 7) is 7.00. The highest BCUT2D eigenvalue weighted by molar-refractivity contribution is 5.96. The van der Waals surface area contributed by atoms with Gasteiger partial charge >= 0.3 is 0 Å². The van der Waals surface area contributed by atoms with Gasteiger partial charge in [0.05, 0.1) is 12.8 Å². The van der Waals surface area contributed by atoms with Crippen LogP contribution in [0.4, 0.5) is 0 Å². The summed E-state index contributed by atoms with van der Waals surface area (Å²) in [7, 11) is 1.68. The number of hydrogen-bond acceptors (Lipinski definition) is 6. The lowest BCUT2D eigenvalue weighted by Crippen LogP contribution is -2.63. The second-order valence-corrected chi connectivity index (χ2v) is 7.80. The van der Waals surface area contributed by atoms with E-state index >= 15 is 0 Å². The molecule has 2 aliphatic heterocycles. The molecule has 2 aromatic rings. The summed E-state index contributed by atoms with van der Waals surface area (Å²) in [5, 5.41) is 10.8. The van der Waals surface area contributed by atoms with Crippen molar-refractivity contribution in [1.29, 1.82) is 0 Å². The molecule has 0 saturated carbocycles. The van der Waals surface area contributed by atoms with Crippen molar-refractivity contribution in [2.24, 2.45) is 5.92 Å². The third kappa shape index (κ3) is 5.14. The number of carbonyl (C=O) groups excluding carboxylic acids is 1. The van der Waals surface area contributed by atoms with E-state index in [9.17, 15) is 4.79 Å². The third-order valence-electron chi connectivity index (χ3n) is 5.93. The molecule has 0 spiro atoms. The van der Waals surface area contributed by atoms with Gasteiger partial charge in [-0.15, -0.1) is 0 Å². The normalized spacial score (nSPS) is 20.4. The SMILES string of the molecule is COc1ccc(C=CCN2C[C@@H]3CN(C(=O)c4c(C)noc4C)CC[C@@H]32)cc1.O=CO. The van der Waals surface area contributed by atoms with Gasteiger partial charge in [-0.2, -0.15) is 0 Å². The van der Waals surface area contributed by atoms with Gasteiger partial charge in [0.25, 0.3) is 12.4 Å². The lowest BCUT2D eigenvalue weighted by Gasteiger charge is -2.53. The molecule has 166 valence electrons. The number of aryl methyl sites for hydroxylation is 2. The molecule has 2 atom stereocenters. The van der Waals surface area contributed by atoms with Crippen LogP contribution in [0.3, 0.4) is 0 Å². The van der Waals surface area contributed by atoms with E-state index in [0.29, 0.717) is 29.0 Å². The number of carboxylic acid groups (broad SMARTS) is 1. The maximum absolute atomic E-state index is 12.8. The molecule has 0 unspecified atom stereocenters. The maximum atomic E-state index is 12.8. The van der Waals surface area contributed by atoms with Gasteiger partial charge in [0.15, 0.2) is 0 Å². The number of aromatic nitrogens is 1. The largest absolute Gasteiger partial charge is 0.497 e. The summed E-state index contributed by atoms with van der Waals surface area (Å²) in [5.74, 6) is 2.12. The minimum absolute atomic E-state index is 0.0625. The van der Waals surface area contributed by atoms with Crippen LogP contribution in [0.2, 0.25) is 0 Å². The predicted octanol–water partition coefficient (Wildman–Crippen LogP) is 2.86. The van der Waals surface area contributed by atoms with Crippen LogP contribution in [0.1, 0.15) is 33.8 Å². The number of piperidine rings is 1. The Morgan fingerprint density at radius 2 is 2.00 bits per heavy atom. The van der Waals surface area contributed by atoms with E-state index in [4.69, 9.17) is 19.2 Å². The monoisotopic (exact) mass is 427 g/mol. The van der Waals surface area contributed by atoms with E-state index in [0.717, 1.165) is 38.3 Å². The number of methoxy groups -OCH3 is 1. The molecule has 2 aliphatic rings. The van der Waals surface area contributed by atoms with Crippen molar-refractivity contribution in [1.82, 2.24) is 15.0 Å². The molecule has 1 aromatic heterocycles. The lowest BCUT2D eigenvalue weighted by atomic mass is 9.82. The fourth-order valence-corrected chi connectivity index (χ4v) is 4.36. The molecule has 1 aromatic carbocycles. The number of ether oxygens (including phenoxy) is 1. The first kappa shape index (κ1) is 22.6. The molecule has 0 aliphatic carbocycles. The highest BCUT2D eigenvalue weighted by atomic mass is 16.5. The van der Waals surface area contributed by atoms with Crippen molar-refractivity contribution in [2.45, 2.75) is 26.3 Å². The van der Waals surface area contributed by atoms with Gasteiger partial charge in [-0.1, -0.05) is 29.4 Å². The number of amides is 1. The van der Waals surface area contributed by atoms with Crippen molar-refractivity contribution in [2.75, 3.05) is 33.3 Å². The number of rotatable bonds is 5. The standard InChI is InChI=1S/C22H27N3O3.CH2O2/c1-15-21(16(2)28-23-15)22(26)25-12-10-20-18(14-25)13-24(20)11-4-5-17-6-8-19(27-3)9-7-17;2-1-3/h4-9,18,20H,10-14H2,1-3H3;1H,(H,2,3)/t18-,20+;/m1./s1. The zero-order chi connectivity index (χ0) is 22.4. The van der Waals surface area contributed by atoms with E-state index in [-0.39, 0.29) is 12.4 Å². The molecule has 0 radical (unpaired) electrons. The quantitative estimate of drug-likeness (QED) is 0.733. The van der Waals surface area contributed by atoms with E-state index in [1.165, 1.54) is 5.56 Å². The maximum Gasteiger partial charge on any atom is 0.290 e. The van der Waals surface area contributed by atoms with Crippen LogP contribution in [-0.2, 0) is 4.79 Å². The molecule has 1 amide bonds. The summed E-state index contributed by atoms with van der Waals surface area (Å²) < 4.78 is 10.4. The van der Waals surface area contributed by atoms with E-state index < -0.39 is 0 Å². The van der Waals surface area contributed by atoms with Crippen LogP contribution in [0.5, 0.6) is 5.75 Å². The van der Waals surface area contributed by atoms with Gasteiger partial charge in [-0.25, -0.2) is 0 Å². The first-order valence-electron chi connectivity index (χ1n) is 10.3. The van der Waals surface area contributed by atoms with Crippen LogP contribution < -0.4 is 4.74 Å². The Morgan fingerprint density at radius 3 is 2.58 bits per heavy atom. The second-order valence-electron chi connectivity index (χ2n) is 7.80. The molecule has 4 rings (SSSR count). The number of fused-ring (bicyclic) bond motifs is 1. The summed E-state index contributed by atoms with van der Waals surface area (Å²) in [5.41, 5.74) is 2.50. The third-order valence-corrected chi connectivity index (χ3v) is 5.93. The predicted molar refractivity (Wildman–Crippen MR) is 116 cm³/mol. The average Bonchev–Trinajstić information content (AvgIpc) is 3.09. The molecule has 8 nitrogen and oxygen atoms in total. The number of carbonyl (C=O) groups is 2. The van der Waals surface area contributed by atoms with Gasteiger partial charge in [-0.3, -0.25) is 14.5 Å². The molecule has 2 fully saturated rings. The fraction of sp³-hybridized carbons (Fsp3) is 0.435. The molecular formula is C23H29N3O5. The van der Waals surface area contributed by atoms with Crippen LogP contribution in [0, 0.1) is 19.8 Å². The topological polar surface area (TPSA) is 96.1 Å². The highest BCUT2D eigenvalue weighted by Crippen LogP contribution is 2.33. The number of nitrogens with zero attached hydrogens (tertiary/aromatic N) is 3. The Hall–Kier alpha value is -3.13. The Balaban J connectivity index is 0.000000858. The average molecular weight is 428 g/mol. The minimum Gasteiger partial charge on any atom is -0.497 e. The first-order valence-corrected chi connectivity index (χ1v) is 10.3. The Bertz CT molecular complexity index is 902. The molecule has 3 heterocycles. The van der Waals surface area contributed by atoms with Crippen molar-refractivity contribution < 1.29 is 24.0 Å². The fourth-order valence-electron chi connectivity index (χ4n) is 4.36. The number of hydrogen-bond donors (Lipinski definition) is 1. The Labute approximate surface area is 182 Å². The molecular weight excluding hydrogens is 398 g/mol. The summed E-state index contributed by atoms with van der Waals surface area (Å²) in [4.78, 5) is 25.7. The van der Waals surface area contributed by atoms with Gasteiger partial charge in [0, 0.05) is 38.1 Å². The van der Waals surface area contributed by atoms with Crippen molar-refractivity contribution in [3.63, 3.8) is 0 Å². The summed E-state index contributed by atoms with van der Waals surface area (Å²) in [6.07, 6.45) is 5.40. The van der Waals surface area contributed by atoms with Gasteiger partial charge in [0.1, 0.15) is 17.1 Å². The highest BCUT2D eigenvalue weighted by Gasteiger charge is 2.43. The van der Waals surface area contributed by atoms with Crippen molar-refractivity contribution in [3.05, 3.63) is 52.9 Å². The Kier molecular flexibility index (Phi) is 7.46. The van der Waals surface area contributed by atoms with Crippen LogP contribution in [0.25, 0.3) is 6.08 Å². The van der Waals surface area contributed by atoms with Gasteiger partial charge in [-0.05, 0) is 38.0 Å². The van der Waals surface area contributed by atoms with E-state index in [1.54, 1.807) is 14.0 Å². The zero-order valence-corrected chi connectivity index (χ0v) is 18.2. The van der Waals surface area contributed by atoms with Crippen LogP contribution >= 0.6 is 0 Å². The summed E-state index contributed by atoms with van der Waals surface area (Å²) >= 11 is 0. The molecule has 0 bridgehead atoms. The van der Waals surface area contributed by atoms with Crippen LogP contribution in [-0.4, -0.2) is 71.8 Å². The summed E-state index contributed by atoms with van der Waals surface area (Å²) in [6, 6.07) is 8.66. The van der Waals surface area contributed by atoms with Crippen molar-refractivity contribution in [3.8, 4) is 5.75 Å². The zero-order valence-electron chi connectivity index (χ0n) is 18.2. The van der Waals surface area contributed by atoms with Gasteiger partial charge < -0.3 is 19.3 Å². The molecule has 1 N–H and O–H groups in total. The van der Waals surface area contributed by atoms with Crippen molar-refractivity contribution >= 4 is 18.5 Å². The molecule has 2 saturated heterocycles.